The summed E-state index contributed by atoms with van der Waals surface area (Å²) in [4.78, 5) is 11.4. The Morgan fingerprint density at radius 2 is 2.00 bits per heavy atom. The minimum atomic E-state index is 0.215. The molecule has 140 valence electrons. The minimum Gasteiger partial charge on any atom is -0.398 e. The van der Waals surface area contributed by atoms with Crippen LogP contribution in [0.15, 0.2) is 34.5 Å². The SMILES string of the molecule is CCCCCc1cc(N)c(C/C=C(/C)CCC=C(C)C)c(N=O)c1C#N. The second-order valence-corrected chi connectivity index (χ2v) is 7.06. The average molecular weight is 354 g/mol. The first-order chi connectivity index (χ1) is 12.4. The van der Waals surface area contributed by atoms with Crippen LogP contribution in [0.2, 0.25) is 0 Å². The number of hydrogen-bond donors (Lipinski definition) is 1. The molecule has 0 atom stereocenters. The fourth-order valence-corrected chi connectivity index (χ4v) is 2.96. The van der Waals surface area contributed by atoms with Crippen molar-refractivity contribution in [1.29, 1.82) is 5.26 Å². The van der Waals surface area contributed by atoms with E-state index in [1.54, 1.807) is 0 Å². The third-order valence-corrected chi connectivity index (χ3v) is 4.52. The first-order valence-corrected chi connectivity index (χ1v) is 9.41. The molecule has 26 heavy (non-hydrogen) atoms. The summed E-state index contributed by atoms with van der Waals surface area (Å²) in [5, 5.41) is 12.7. The zero-order valence-electron chi connectivity index (χ0n) is 16.6. The third-order valence-electron chi connectivity index (χ3n) is 4.52. The van der Waals surface area contributed by atoms with Crippen molar-refractivity contribution in [3.8, 4) is 6.07 Å². The summed E-state index contributed by atoms with van der Waals surface area (Å²) in [6.45, 7) is 8.39. The topological polar surface area (TPSA) is 79.2 Å². The molecule has 1 aromatic carbocycles. The van der Waals surface area contributed by atoms with Crippen molar-refractivity contribution in [2.24, 2.45) is 5.18 Å². The van der Waals surface area contributed by atoms with Crippen molar-refractivity contribution in [3.05, 3.63) is 51.0 Å². The number of hydrogen-bond acceptors (Lipinski definition) is 4. The van der Waals surface area contributed by atoms with Gasteiger partial charge in [0.25, 0.3) is 0 Å². The van der Waals surface area contributed by atoms with Gasteiger partial charge in [-0.25, -0.2) is 0 Å². The number of unbranched alkanes of at least 4 members (excludes halogenated alkanes) is 2. The van der Waals surface area contributed by atoms with E-state index in [-0.39, 0.29) is 5.69 Å². The second kappa shape index (κ2) is 11.3. The molecule has 2 N–H and O–H groups in total. The van der Waals surface area contributed by atoms with Gasteiger partial charge in [0, 0.05) is 11.3 Å². The molecule has 0 bridgehead atoms. The second-order valence-electron chi connectivity index (χ2n) is 7.06. The van der Waals surface area contributed by atoms with Crippen molar-refractivity contribution in [1.82, 2.24) is 0 Å². The first kappa shape index (κ1) is 21.6. The summed E-state index contributed by atoms with van der Waals surface area (Å²) >= 11 is 0. The first-order valence-electron chi connectivity index (χ1n) is 9.41. The Bertz CT molecular complexity index is 720. The molecule has 0 fully saturated rings. The molecule has 0 saturated carbocycles. The largest absolute Gasteiger partial charge is 0.398 e. The van der Waals surface area contributed by atoms with Gasteiger partial charge in [0.15, 0.2) is 0 Å². The zero-order valence-corrected chi connectivity index (χ0v) is 16.6. The van der Waals surface area contributed by atoms with Crippen LogP contribution < -0.4 is 5.73 Å². The fourth-order valence-electron chi connectivity index (χ4n) is 2.96. The van der Waals surface area contributed by atoms with Crippen molar-refractivity contribution in [2.45, 2.75) is 72.6 Å². The van der Waals surface area contributed by atoms with Crippen LogP contribution in [0.5, 0.6) is 0 Å². The normalized spacial score (nSPS) is 11.1. The maximum absolute atomic E-state index is 11.4. The van der Waals surface area contributed by atoms with E-state index < -0.39 is 0 Å². The zero-order chi connectivity index (χ0) is 19.5. The third kappa shape index (κ3) is 6.48. The van der Waals surface area contributed by atoms with E-state index in [0.29, 0.717) is 23.2 Å². The number of nitroso groups, excluding NO2 is 1. The molecule has 0 aliphatic carbocycles. The molecule has 1 aromatic rings. The van der Waals surface area contributed by atoms with Crippen molar-refractivity contribution in [3.63, 3.8) is 0 Å². The lowest BCUT2D eigenvalue weighted by molar-refractivity contribution is 0.716. The number of rotatable bonds is 10. The highest BCUT2D eigenvalue weighted by Crippen LogP contribution is 2.34. The highest BCUT2D eigenvalue weighted by atomic mass is 16.3. The molecule has 1 rings (SSSR count). The fraction of sp³-hybridized carbons (Fsp3) is 0.500. The molecule has 0 spiro atoms. The van der Waals surface area contributed by atoms with E-state index in [9.17, 15) is 10.2 Å². The summed E-state index contributed by atoms with van der Waals surface area (Å²) in [5.74, 6) is 0. The number of nitrogens with two attached hydrogens (primary N) is 1. The summed E-state index contributed by atoms with van der Waals surface area (Å²) in [5.41, 5.74) is 11.4. The highest BCUT2D eigenvalue weighted by Gasteiger charge is 2.17. The lowest BCUT2D eigenvalue weighted by Crippen LogP contribution is -2.01. The maximum Gasteiger partial charge on any atom is 0.131 e. The predicted octanol–water partition coefficient (Wildman–Crippen LogP) is 6.51. The summed E-state index contributed by atoms with van der Waals surface area (Å²) in [7, 11) is 0. The highest BCUT2D eigenvalue weighted by molar-refractivity contribution is 5.71. The van der Waals surface area contributed by atoms with Gasteiger partial charge in [-0.3, -0.25) is 0 Å². The monoisotopic (exact) mass is 353 g/mol. The number of nitriles is 1. The van der Waals surface area contributed by atoms with Gasteiger partial charge in [-0.2, -0.15) is 5.26 Å². The smallest absolute Gasteiger partial charge is 0.131 e. The summed E-state index contributed by atoms with van der Waals surface area (Å²) < 4.78 is 0. The Morgan fingerprint density at radius 1 is 1.27 bits per heavy atom. The standard InChI is InChI=1S/C22H31N3O/c1-5-6-7-11-18-14-21(24)19(22(25-26)20(18)15-23)13-12-17(4)10-8-9-16(2)3/h9,12,14H,5-8,10-11,13,24H2,1-4H3/b17-12-. The van der Waals surface area contributed by atoms with Crippen LogP contribution in [0, 0.1) is 16.2 Å². The van der Waals surface area contributed by atoms with E-state index in [1.807, 2.05) is 6.07 Å². The molecule has 0 aliphatic rings. The Hall–Kier alpha value is -2.41. The van der Waals surface area contributed by atoms with Gasteiger partial charge in [0.2, 0.25) is 0 Å². The van der Waals surface area contributed by atoms with Crippen LogP contribution in [0.4, 0.5) is 11.4 Å². The number of allylic oxidation sites excluding steroid dienone is 4. The molecular formula is C22H31N3O. The molecule has 0 heterocycles. The number of anilines is 1. The van der Waals surface area contributed by atoms with Gasteiger partial charge < -0.3 is 5.73 Å². The van der Waals surface area contributed by atoms with Gasteiger partial charge in [0.05, 0.1) is 5.56 Å². The van der Waals surface area contributed by atoms with Crippen molar-refractivity contribution in [2.75, 3.05) is 5.73 Å². The molecule has 0 radical (unpaired) electrons. The van der Waals surface area contributed by atoms with E-state index >= 15 is 0 Å². The van der Waals surface area contributed by atoms with Crippen LogP contribution >= 0.6 is 0 Å². The molecule has 0 unspecified atom stereocenters. The summed E-state index contributed by atoms with van der Waals surface area (Å²) in [6.07, 6.45) is 10.7. The van der Waals surface area contributed by atoms with Gasteiger partial charge in [-0.15, -0.1) is 4.91 Å². The number of aryl methyl sites for hydroxylation is 1. The van der Waals surface area contributed by atoms with Crippen molar-refractivity contribution >= 4 is 11.4 Å². The van der Waals surface area contributed by atoms with Crippen LogP contribution in [0.1, 0.15) is 76.5 Å². The molecule has 0 amide bonds. The van der Waals surface area contributed by atoms with E-state index in [4.69, 9.17) is 5.73 Å². The van der Waals surface area contributed by atoms with E-state index in [0.717, 1.165) is 44.1 Å². The number of benzene rings is 1. The van der Waals surface area contributed by atoms with Crippen LogP contribution in [-0.2, 0) is 12.8 Å². The molecule has 0 saturated heterocycles. The quantitative estimate of drug-likeness (QED) is 0.225. The van der Waals surface area contributed by atoms with Crippen LogP contribution in [0.25, 0.3) is 0 Å². The molecule has 4 heteroatoms. The van der Waals surface area contributed by atoms with Gasteiger partial charge in [-0.05, 0) is 69.7 Å². The van der Waals surface area contributed by atoms with Gasteiger partial charge in [-0.1, -0.05) is 43.1 Å². The molecular weight excluding hydrogens is 322 g/mol. The minimum absolute atomic E-state index is 0.215. The van der Waals surface area contributed by atoms with Crippen LogP contribution in [0.3, 0.4) is 0 Å². The Morgan fingerprint density at radius 3 is 2.58 bits per heavy atom. The Kier molecular flexibility index (Phi) is 9.36. The number of nitrogens with zero attached hydrogens (tertiary/aromatic N) is 2. The number of nitrogen functional groups attached to an aromatic ring is 1. The molecule has 0 aliphatic heterocycles. The van der Waals surface area contributed by atoms with E-state index in [2.05, 4.69) is 51.1 Å². The molecule has 0 aromatic heterocycles. The lowest BCUT2D eigenvalue weighted by atomic mass is 9.94. The molecule has 4 nitrogen and oxygen atoms in total. The predicted molar refractivity (Wildman–Crippen MR) is 110 cm³/mol. The maximum atomic E-state index is 11.4. The Balaban J connectivity index is 3.06. The van der Waals surface area contributed by atoms with Crippen molar-refractivity contribution < 1.29 is 0 Å². The summed E-state index contributed by atoms with van der Waals surface area (Å²) in [6, 6.07) is 4.02. The van der Waals surface area contributed by atoms with Gasteiger partial charge in [0.1, 0.15) is 11.8 Å². The Labute approximate surface area is 157 Å². The van der Waals surface area contributed by atoms with E-state index in [1.165, 1.54) is 11.1 Å². The van der Waals surface area contributed by atoms with Gasteiger partial charge >= 0.3 is 0 Å². The average Bonchev–Trinajstić information content (AvgIpc) is 2.60. The lowest BCUT2D eigenvalue weighted by Gasteiger charge is -2.12. The van der Waals surface area contributed by atoms with Crippen LogP contribution in [-0.4, -0.2) is 0 Å².